The van der Waals surface area contributed by atoms with E-state index in [-0.39, 0.29) is 11.9 Å². The van der Waals surface area contributed by atoms with Gasteiger partial charge >= 0.3 is 6.03 Å². The Morgan fingerprint density at radius 3 is 1.78 bits per heavy atom. The Labute approximate surface area is 164 Å². The Morgan fingerprint density at radius 1 is 0.741 bits per heavy atom. The van der Waals surface area contributed by atoms with Crippen molar-refractivity contribution >= 4 is 40.6 Å². The van der Waals surface area contributed by atoms with E-state index >= 15 is 0 Å². The molecule has 0 unspecified atom stereocenters. The van der Waals surface area contributed by atoms with Gasteiger partial charge in [0.2, 0.25) is 5.91 Å². The first kappa shape index (κ1) is 20.7. The lowest BCUT2D eigenvalue weighted by Gasteiger charge is -2.09. The molecule has 6 nitrogen and oxygen atoms in total. The molecule has 0 aliphatic rings. The average Bonchev–Trinajstić information content (AvgIpc) is 2.65. The predicted molar refractivity (Wildman–Crippen MR) is 111 cm³/mol. The molecule has 27 heavy (non-hydrogen) atoms. The van der Waals surface area contributed by atoms with Crippen LogP contribution in [0.5, 0.6) is 0 Å². The second-order valence-corrected chi connectivity index (χ2v) is 6.60. The van der Waals surface area contributed by atoms with Crippen LogP contribution in [0.15, 0.2) is 48.5 Å². The molecule has 0 saturated heterocycles. The van der Waals surface area contributed by atoms with Gasteiger partial charge in [0.15, 0.2) is 0 Å². The van der Waals surface area contributed by atoms with Gasteiger partial charge in [0.1, 0.15) is 0 Å². The van der Waals surface area contributed by atoms with Crippen molar-refractivity contribution in [3.63, 3.8) is 0 Å². The number of anilines is 3. The van der Waals surface area contributed by atoms with Crippen molar-refractivity contribution in [3.8, 4) is 0 Å². The molecule has 0 radical (unpaired) electrons. The summed E-state index contributed by atoms with van der Waals surface area (Å²) in [6.45, 7) is 0.699. The van der Waals surface area contributed by atoms with E-state index in [1.807, 2.05) is 0 Å². The number of hydrogen-bond donors (Lipinski definition) is 4. The number of carbonyl (C=O) groups is 2. The maximum atomic E-state index is 12.0. The van der Waals surface area contributed by atoms with E-state index in [0.29, 0.717) is 35.1 Å². The van der Waals surface area contributed by atoms with Crippen molar-refractivity contribution in [2.45, 2.75) is 32.1 Å². The largest absolute Gasteiger partial charge is 0.330 e. The van der Waals surface area contributed by atoms with Crippen LogP contribution in [0.2, 0.25) is 5.02 Å². The summed E-state index contributed by atoms with van der Waals surface area (Å²) in [5.74, 6) is -0.0102. The van der Waals surface area contributed by atoms with Gasteiger partial charge in [-0.05, 0) is 67.9 Å². The smallest absolute Gasteiger partial charge is 0.323 e. The first-order valence-electron chi connectivity index (χ1n) is 9.00. The molecule has 5 N–H and O–H groups in total. The Bertz CT molecular complexity index is 733. The van der Waals surface area contributed by atoms with Gasteiger partial charge < -0.3 is 21.7 Å². The maximum absolute atomic E-state index is 12.0. The molecule has 0 aromatic heterocycles. The summed E-state index contributed by atoms with van der Waals surface area (Å²) in [7, 11) is 0. The third kappa shape index (κ3) is 8.11. The normalized spacial score (nSPS) is 10.3. The second-order valence-electron chi connectivity index (χ2n) is 6.16. The van der Waals surface area contributed by atoms with Crippen LogP contribution in [0.1, 0.15) is 32.1 Å². The minimum Gasteiger partial charge on any atom is -0.330 e. The molecule has 7 heteroatoms. The van der Waals surface area contributed by atoms with Crippen molar-refractivity contribution < 1.29 is 9.59 Å². The zero-order chi connectivity index (χ0) is 19.5. The van der Waals surface area contributed by atoms with Crippen LogP contribution in [0.4, 0.5) is 21.9 Å². The Morgan fingerprint density at radius 2 is 1.22 bits per heavy atom. The SMILES string of the molecule is NCCCCCCC(=O)Nc1ccc(NC(=O)Nc2ccc(Cl)cc2)cc1. The zero-order valence-electron chi connectivity index (χ0n) is 15.1. The molecule has 0 bridgehead atoms. The second kappa shape index (κ2) is 11.2. The molecule has 0 atom stereocenters. The zero-order valence-corrected chi connectivity index (χ0v) is 15.9. The Balaban J connectivity index is 1.74. The Hall–Kier alpha value is -2.57. The fourth-order valence-electron chi connectivity index (χ4n) is 2.47. The van der Waals surface area contributed by atoms with Gasteiger partial charge in [-0.15, -0.1) is 0 Å². The van der Waals surface area contributed by atoms with E-state index in [1.54, 1.807) is 48.5 Å². The maximum Gasteiger partial charge on any atom is 0.323 e. The highest BCUT2D eigenvalue weighted by molar-refractivity contribution is 6.30. The molecule has 2 aromatic rings. The summed E-state index contributed by atoms with van der Waals surface area (Å²) in [5, 5.41) is 8.91. The first-order valence-corrected chi connectivity index (χ1v) is 9.38. The number of urea groups is 1. The number of amides is 3. The fraction of sp³-hybridized carbons (Fsp3) is 0.300. The van der Waals surface area contributed by atoms with Crippen LogP contribution in [0.3, 0.4) is 0 Å². The van der Waals surface area contributed by atoms with Crippen LogP contribution in [0.25, 0.3) is 0 Å². The van der Waals surface area contributed by atoms with E-state index in [1.165, 1.54) is 0 Å². The minimum atomic E-state index is -0.355. The molecule has 0 fully saturated rings. The Kier molecular flexibility index (Phi) is 8.61. The van der Waals surface area contributed by atoms with Gasteiger partial charge in [0, 0.05) is 28.5 Å². The summed E-state index contributed by atoms with van der Waals surface area (Å²) < 4.78 is 0. The summed E-state index contributed by atoms with van der Waals surface area (Å²) >= 11 is 5.81. The van der Waals surface area contributed by atoms with E-state index in [4.69, 9.17) is 17.3 Å². The lowest BCUT2D eigenvalue weighted by Crippen LogP contribution is -2.19. The monoisotopic (exact) mass is 388 g/mol. The van der Waals surface area contributed by atoms with Crippen molar-refractivity contribution in [1.29, 1.82) is 0 Å². The molecule has 0 heterocycles. The molecular formula is C20H25ClN4O2. The highest BCUT2D eigenvalue weighted by atomic mass is 35.5. The minimum absolute atomic E-state index is 0.0102. The van der Waals surface area contributed by atoms with Crippen molar-refractivity contribution in [1.82, 2.24) is 0 Å². The van der Waals surface area contributed by atoms with Crippen LogP contribution in [0, 0.1) is 0 Å². The molecule has 0 saturated carbocycles. The van der Waals surface area contributed by atoms with E-state index < -0.39 is 0 Å². The van der Waals surface area contributed by atoms with Gasteiger partial charge in [-0.1, -0.05) is 24.4 Å². The lowest BCUT2D eigenvalue weighted by molar-refractivity contribution is -0.116. The first-order chi connectivity index (χ1) is 13.1. The standard InChI is InChI=1S/C20H25ClN4O2/c21-15-6-8-17(9-7-15)24-20(27)25-18-12-10-16(11-13-18)23-19(26)5-3-1-2-4-14-22/h6-13H,1-5,14,22H2,(H,23,26)(H2,24,25,27). The number of nitrogens with two attached hydrogens (primary N) is 1. The molecule has 0 aliphatic carbocycles. The summed E-state index contributed by atoms with van der Waals surface area (Å²) in [4.78, 5) is 23.9. The highest BCUT2D eigenvalue weighted by Crippen LogP contribution is 2.16. The van der Waals surface area contributed by atoms with E-state index in [0.717, 1.165) is 25.7 Å². The highest BCUT2D eigenvalue weighted by Gasteiger charge is 2.05. The molecule has 144 valence electrons. The number of hydrogen-bond acceptors (Lipinski definition) is 3. The number of rotatable bonds is 9. The van der Waals surface area contributed by atoms with Crippen LogP contribution in [-0.2, 0) is 4.79 Å². The quantitative estimate of drug-likeness (QED) is 0.463. The molecule has 0 spiro atoms. The van der Waals surface area contributed by atoms with Gasteiger partial charge in [-0.2, -0.15) is 0 Å². The van der Waals surface area contributed by atoms with Crippen molar-refractivity contribution in [2.24, 2.45) is 5.73 Å². The van der Waals surface area contributed by atoms with Gasteiger partial charge in [0.05, 0.1) is 0 Å². The summed E-state index contributed by atoms with van der Waals surface area (Å²) in [6.07, 6.45) is 4.42. The molecule has 0 aliphatic heterocycles. The number of unbranched alkanes of at least 4 members (excludes halogenated alkanes) is 3. The predicted octanol–water partition coefficient (Wildman–Crippen LogP) is 4.83. The van der Waals surface area contributed by atoms with Crippen LogP contribution >= 0.6 is 11.6 Å². The summed E-state index contributed by atoms with van der Waals surface area (Å²) in [5.41, 5.74) is 7.42. The van der Waals surface area contributed by atoms with Crippen molar-refractivity contribution in [2.75, 3.05) is 22.5 Å². The van der Waals surface area contributed by atoms with Gasteiger partial charge in [-0.25, -0.2) is 4.79 Å². The molecule has 2 aromatic carbocycles. The topological polar surface area (TPSA) is 96.2 Å². The number of carbonyl (C=O) groups excluding carboxylic acids is 2. The van der Waals surface area contributed by atoms with Crippen molar-refractivity contribution in [3.05, 3.63) is 53.6 Å². The van der Waals surface area contributed by atoms with Gasteiger partial charge in [0.25, 0.3) is 0 Å². The fourth-order valence-corrected chi connectivity index (χ4v) is 2.60. The number of nitrogens with one attached hydrogen (secondary N) is 3. The van der Waals surface area contributed by atoms with Gasteiger partial charge in [-0.3, -0.25) is 4.79 Å². The van der Waals surface area contributed by atoms with Crippen LogP contribution in [-0.4, -0.2) is 18.5 Å². The number of benzene rings is 2. The molecular weight excluding hydrogens is 364 g/mol. The average molecular weight is 389 g/mol. The molecule has 3 amide bonds. The van der Waals surface area contributed by atoms with E-state index in [2.05, 4.69) is 16.0 Å². The third-order valence-electron chi connectivity index (χ3n) is 3.89. The lowest BCUT2D eigenvalue weighted by atomic mass is 10.1. The molecule has 2 rings (SSSR count). The summed E-state index contributed by atoms with van der Waals surface area (Å²) in [6, 6.07) is 13.5. The van der Waals surface area contributed by atoms with E-state index in [9.17, 15) is 9.59 Å². The third-order valence-corrected chi connectivity index (χ3v) is 4.14. The number of halogens is 1. The van der Waals surface area contributed by atoms with Crippen LogP contribution < -0.4 is 21.7 Å².